The molecule has 0 saturated heterocycles. The maximum absolute atomic E-state index is 12.3. The summed E-state index contributed by atoms with van der Waals surface area (Å²) >= 11 is 0. The van der Waals surface area contributed by atoms with Crippen molar-refractivity contribution in [1.29, 1.82) is 0 Å². The minimum atomic E-state index is -0.874. The van der Waals surface area contributed by atoms with Gasteiger partial charge >= 0.3 is 5.97 Å². The number of carbonyl (C=O) groups excluding carboxylic acids is 1. The molecule has 1 aromatic rings. The number of carboxylic acid groups (broad SMARTS) is 1. The number of hydrogen-bond donors (Lipinski definition) is 2. The largest absolute Gasteiger partial charge is 0.481 e. The van der Waals surface area contributed by atoms with Gasteiger partial charge in [-0.25, -0.2) is 0 Å². The van der Waals surface area contributed by atoms with Gasteiger partial charge in [-0.05, 0) is 50.8 Å². The van der Waals surface area contributed by atoms with Crippen LogP contribution in [0.15, 0.2) is 24.3 Å². The van der Waals surface area contributed by atoms with E-state index in [1.807, 2.05) is 26.0 Å². The van der Waals surface area contributed by atoms with Gasteiger partial charge in [0.25, 0.3) is 5.91 Å². The summed E-state index contributed by atoms with van der Waals surface area (Å²) in [5.74, 6) is -1.08. The Morgan fingerprint density at radius 1 is 1.27 bits per heavy atom. The van der Waals surface area contributed by atoms with Crippen molar-refractivity contribution in [3.05, 3.63) is 35.4 Å². The standard InChI is InChI=1S/C17H23NO4/c1-12(2)22-11-13-4-6-14(7-5-13)16(21)18-17(8-3-9-17)10-15(19)20/h4-7,12H,3,8-11H2,1-2H3,(H,18,21)(H,19,20). The summed E-state index contributed by atoms with van der Waals surface area (Å²) in [6.07, 6.45) is 2.56. The quantitative estimate of drug-likeness (QED) is 0.812. The lowest BCUT2D eigenvalue weighted by molar-refractivity contribution is -0.139. The van der Waals surface area contributed by atoms with E-state index in [1.165, 1.54) is 0 Å². The van der Waals surface area contributed by atoms with Crippen LogP contribution in [0.1, 0.15) is 55.5 Å². The van der Waals surface area contributed by atoms with Crippen molar-refractivity contribution in [2.75, 3.05) is 0 Å². The molecule has 1 fully saturated rings. The van der Waals surface area contributed by atoms with Crippen LogP contribution in [0.5, 0.6) is 0 Å². The number of nitrogens with one attached hydrogen (secondary N) is 1. The number of rotatable bonds is 7. The Hall–Kier alpha value is -1.88. The first-order chi connectivity index (χ1) is 10.4. The molecule has 1 aliphatic rings. The van der Waals surface area contributed by atoms with Gasteiger partial charge in [0.1, 0.15) is 0 Å². The molecule has 22 heavy (non-hydrogen) atoms. The molecule has 1 amide bonds. The van der Waals surface area contributed by atoms with Gasteiger partial charge in [-0.2, -0.15) is 0 Å². The molecule has 0 heterocycles. The molecule has 0 spiro atoms. The van der Waals surface area contributed by atoms with Crippen LogP contribution in [0.2, 0.25) is 0 Å². The summed E-state index contributed by atoms with van der Waals surface area (Å²) < 4.78 is 5.51. The first kappa shape index (κ1) is 16.5. The second kappa shape index (κ2) is 6.92. The Balaban J connectivity index is 1.96. The maximum atomic E-state index is 12.3. The molecule has 5 nitrogen and oxygen atoms in total. The molecule has 2 rings (SSSR count). The lowest BCUT2D eigenvalue weighted by Crippen LogP contribution is -2.54. The van der Waals surface area contributed by atoms with Crippen molar-refractivity contribution in [2.24, 2.45) is 0 Å². The normalized spacial score (nSPS) is 16.1. The summed E-state index contributed by atoms with van der Waals surface area (Å²) in [5, 5.41) is 11.9. The Morgan fingerprint density at radius 2 is 1.91 bits per heavy atom. The van der Waals surface area contributed by atoms with E-state index in [1.54, 1.807) is 12.1 Å². The first-order valence-corrected chi connectivity index (χ1v) is 7.65. The van der Waals surface area contributed by atoms with Crippen molar-refractivity contribution in [1.82, 2.24) is 5.32 Å². The Morgan fingerprint density at radius 3 is 2.36 bits per heavy atom. The molecule has 1 aromatic carbocycles. The van der Waals surface area contributed by atoms with Crippen LogP contribution in [0.25, 0.3) is 0 Å². The van der Waals surface area contributed by atoms with Crippen molar-refractivity contribution in [3.63, 3.8) is 0 Å². The van der Waals surface area contributed by atoms with E-state index in [-0.39, 0.29) is 18.4 Å². The zero-order valence-corrected chi connectivity index (χ0v) is 13.1. The van der Waals surface area contributed by atoms with E-state index in [0.29, 0.717) is 12.2 Å². The third-order valence-corrected chi connectivity index (χ3v) is 3.98. The van der Waals surface area contributed by atoms with E-state index in [9.17, 15) is 9.59 Å². The van der Waals surface area contributed by atoms with Gasteiger partial charge in [0, 0.05) is 5.56 Å². The number of carboxylic acids is 1. The Labute approximate surface area is 130 Å². The number of amides is 1. The summed E-state index contributed by atoms with van der Waals surface area (Å²) in [6.45, 7) is 4.47. The Bertz CT molecular complexity index is 532. The fraction of sp³-hybridized carbons (Fsp3) is 0.529. The Kier molecular flexibility index (Phi) is 5.19. The third kappa shape index (κ3) is 4.31. The number of hydrogen-bond acceptors (Lipinski definition) is 3. The molecule has 1 aliphatic carbocycles. The lowest BCUT2D eigenvalue weighted by atomic mass is 9.74. The molecule has 0 aromatic heterocycles. The van der Waals surface area contributed by atoms with Crippen molar-refractivity contribution in [2.45, 2.75) is 57.8 Å². The second-order valence-electron chi connectivity index (χ2n) is 6.22. The average molecular weight is 305 g/mol. The highest BCUT2D eigenvalue weighted by molar-refractivity contribution is 5.95. The minimum Gasteiger partial charge on any atom is -0.481 e. The zero-order chi connectivity index (χ0) is 16.2. The van der Waals surface area contributed by atoms with Crippen LogP contribution in [-0.2, 0) is 16.1 Å². The van der Waals surface area contributed by atoms with Crippen LogP contribution < -0.4 is 5.32 Å². The predicted octanol–water partition coefficient (Wildman–Crippen LogP) is 2.74. The second-order valence-corrected chi connectivity index (χ2v) is 6.22. The van der Waals surface area contributed by atoms with Crippen LogP contribution >= 0.6 is 0 Å². The number of ether oxygens (including phenoxy) is 1. The average Bonchev–Trinajstić information content (AvgIpc) is 2.42. The number of benzene rings is 1. The SMILES string of the molecule is CC(C)OCc1ccc(C(=O)NC2(CC(=O)O)CCC2)cc1. The molecule has 5 heteroatoms. The molecule has 2 N–H and O–H groups in total. The number of aliphatic carboxylic acids is 1. The van der Waals surface area contributed by atoms with Crippen molar-refractivity contribution < 1.29 is 19.4 Å². The monoisotopic (exact) mass is 305 g/mol. The maximum Gasteiger partial charge on any atom is 0.305 e. The van der Waals surface area contributed by atoms with Crippen LogP contribution in [0.4, 0.5) is 0 Å². The van der Waals surface area contributed by atoms with Gasteiger partial charge in [-0.1, -0.05) is 12.1 Å². The molecular weight excluding hydrogens is 282 g/mol. The highest BCUT2D eigenvalue weighted by Crippen LogP contribution is 2.35. The van der Waals surface area contributed by atoms with Gasteiger partial charge in [-0.3, -0.25) is 9.59 Å². The van der Waals surface area contributed by atoms with Crippen LogP contribution in [0, 0.1) is 0 Å². The van der Waals surface area contributed by atoms with Crippen molar-refractivity contribution in [3.8, 4) is 0 Å². The van der Waals surface area contributed by atoms with E-state index >= 15 is 0 Å². The fourth-order valence-corrected chi connectivity index (χ4v) is 2.57. The molecule has 0 aliphatic heterocycles. The molecule has 0 unspecified atom stereocenters. The highest BCUT2D eigenvalue weighted by Gasteiger charge is 2.40. The molecule has 120 valence electrons. The third-order valence-electron chi connectivity index (χ3n) is 3.98. The topological polar surface area (TPSA) is 75.6 Å². The highest BCUT2D eigenvalue weighted by atomic mass is 16.5. The fourth-order valence-electron chi connectivity index (χ4n) is 2.57. The zero-order valence-electron chi connectivity index (χ0n) is 13.1. The minimum absolute atomic E-state index is 0.0148. The molecule has 0 radical (unpaired) electrons. The van der Waals surface area contributed by atoms with E-state index < -0.39 is 11.5 Å². The predicted molar refractivity (Wildman–Crippen MR) is 82.7 cm³/mol. The van der Waals surface area contributed by atoms with Crippen molar-refractivity contribution >= 4 is 11.9 Å². The summed E-state index contributed by atoms with van der Waals surface area (Å²) in [7, 11) is 0. The summed E-state index contributed by atoms with van der Waals surface area (Å²) in [5.41, 5.74) is 0.988. The van der Waals surface area contributed by atoms with Gasteiger partial charge in [-0.15, -0.1) is 0 Å². The smallest absolute Gasteiger partial charge is 0.305 e. The van der Waals surface area contributed by atoms with Crippen LogP contribution in [-0.4, -0.2) is 28.6 Å². The first-order valence-electron chi connectivity index (χ1n) is 7.65. The van der Waals surface area contributed by atoms with Crippen LogP contribution in [0.3, 0.4) is 0 Å². The van der Waals surface area contributed by atoms with E-state index in [4.69, 9.17) is 9.84 Å². The lowest BCUT2D eigenvalue weighted by Gasteiger charge is -2.41. The van der Waals surface area contributed by atoms with Gasteiger partial charge in [0.05, 0.1) is 24.7 Å². The summed E-state index contributed by atoms with van der Waals surface area (Å²) in [4.78, 5) is 23.2. The molecule has 1 saturated carbocycles. The molecule has 0 atom stereocenters. The number of carbonyl (C=O) groups is 2. The molecule has 0 bridgehead atoms. The van der Waals surface area contributed by atoms with E-state index in [0.717, 1.165) is 24.8 Å². The van der Waals surface area contributed by atoms with Gasteiger partial charge in [0.2, 0.25) is 0 Å². The van der Waals surface area contributed by atoms with E-state index in [2.05, 4.69) is 5.32 Å². The summed E-state index contributed by atoms with van der Waals surface area (Å²) in [6, 6.07) is 7.23. The van der Waals surface area contributed by atoms with Gasteiger partial charge in [0.15, 0.2) is 0 Å². The van der Waals surface area contributed by atoms with Gasteiger partial charge < -0.3 is 15.2 Å². The molecular formula is C17H23NO4.